The molecule has 0 N–H and O–H groups in total. The predicted molar refractivity (Wildman–Crippen MR) is 135 cm³/mol. The summed E-state index contributed by atoms with van der Waals surface area (Å²) < 4.78 is 29.3. The lowest BCUT2D eigenvalue weighted by molar-refractivity contribution is -0.281. The second kappa shape index (κ2) is 9.98. The van der Waals surface area contributed by atoms with Gasteiger partial charge in [0.1, 0.15) is 12.2 Å². The second-order valence-corrected chi connectivity index (χ2v) is 12.0. The standard InChI is InChI=1S/C29H38O9/c1-14(2)9-23(32)36-20-11-18-26(34-16(5)30)38-27(35-17(6)31)25-21(37-24(33)10-15(3)4)12-22-28(7,8)19(20)13-29(18,22)25/h9-11,19-22,25-27H,12-13H2,1-8H3/t19-,20+,21+,22-,25-,26-,27-,29-/m1/s1. The number of carbonyl (C=O) groups excluding carboxylic acids is 4. The maximum absolute atomic E-state index is 12.7. The van der Waals surface area contributed by atoms with Crippen molar-refractivity contribution in [1.82, 2.24) is 0 Å². The first-order valence-electron chi connectivity index (χ1n) is 13.1. The Labute approximate surface area is 223 Å². The number of ether oxygens (including phenoxy) is 5. The van der Waals surface area contributed by atoms with E-state index < -0.39 is 60.0 Å². The number of rotatable bonds is 6. The van der Waals surface area contributed by atoms with Crippen LogP contribution in [0.1, 0.15) is 68.2 Å². The molecule has 1 spiro atoms. The molecule has 208 valence electrons. The monoisotopic (exact) mass is 530 g/mol. The molecule has 9 nitrogen and oxygen atoms in total. The minimum atomic E-state index is -1.14. The maximum Gasteiger partial charge on any atom is 0.331 e. The third kappa shape index (κ3) is 4.81. The third-order valence-corrected chi connectivity index (χ3v) is 8.47. The first-order chi connectivity index (χ1) is 17.7. The quantitative estimate of drug-likeness (QED) is 0.216. The van der Waals surface area contributed by atoms with Crippen molar-refractivity contribution in [3.8, 4) is 0 Å². The molecule has 4 rings (SSSR count). The van der Waals surface area contributed by atoms with Crippen LogP contribution in [-0.2, 0) is 42.9 Å². The molecule has 0 aromatic rings. The molecule has 1 aliphatic heterocycles. The van der Waals surface area contributed by atoms with Gasteiger partial charge in [0.05, 0.1) is 5.92 Å². The highest BCUT2D eigenvalue weighted by Crippen LogP contribution is 2.75. The number of fused-ring (bicyclic) bond motifs is 1. The summed E-state index contributed by atoms with van der Waals surface area (Å²) in [7, 11) is 0. The van der Waals surface area contributed by atoms with E-state index in [0.717, 1.165) is 11.1 Å². The van der Waals surface area contributed by atoms with Crippen LogP contribution in [-0.4, -0.2) is 48.7 Å². The van der Waals surface area contributed by atoms with Gasteiger partial charge in [-0.25, -0.2) is 9.59 Å². The van der Waals surface area contributed by atoms with Gasteiger partial charge < -0.3 is 18.9 Å². The normalized spacial score (nSPS) is 35.7. The van der Waals surface area contributed by atoms with Crippen molar-refractivity contribution in [2.75, 3.05) is 0 Å². The molecule has 9 heteroatoms. The second-order valence-electron chi connectivity index (χ2n) is 12.0. The molecule has 1 heterocycles. The SMILES string of the molecule is CC(=O)O[C@@H]1O[C@@H](OC(C)=O)[C@H]2[C@@H](OC(=O)C=C(C)C)C[C@@H]3C(C)(C)[C@@H]4C[C@]23C1=C[C@@H]4OC(=O)C=C(C)C. The summed E-state index contributed by atoms with van der Waals surface area (Å²) in [5.74, 6) is -2.67. The van der Waals surface area contributed by atoms with Crippen molar-refractivity contribution in [1.29, 1.82) is 0 Å². The van der Waals surface area contributed by atoms with Crippen LogP contribution in [0, 0.1) is 28.6 Å². The van der Waals surface area contributed by atoms with Crippen molar-refractivity contribution < 1.29 is 42.9 Å². The molecule has 2 saturated carbocycles. The van der Waals surface area contributed by atoms with Crippen molar-refractivity contribution in [2.45, 2.75) is 93.0 Å². The molecule has 0 aromatic carbocycles. The van der Waals surface area contributed by atoms with E-state index in [2.05, 4.69) is 13.8 Å². The zero-order valence-electron chi connectivity index (χ0n) is 23.4. The van der Waals surface area contributed by atoms with Crippen LogP contribution in [0.3, 0.4) is 0 Å². The van der Waals surface area contributed by atoms with E-state index in [-0.39, 0.29) is 17.3 Å². The fourth-order valence-corrected chi connectivity index (χ4v) is 7.35. The topological polar surface area (TPSA) is 114 Å². The van der Waals surface area contributed by atoms with Gasteiger partial charge in [0.15, 0.2) is 0 Å². The fraction of sp³-hybridized carbons (Fsp3) is 0.655. The lowest BCUT2D eigenvalue weighted by Crippen LogP contribution is -2.56. The largest absolute Gasteiger partial charge is 0.459 e. The molecule has 0 amide bonds. The van der Waals surface area contributed by atoms with Gasteiger partial charge in [0.25, 0.3) is 0 Å². The highest BCUT2D eigenvalue weighted by atomic mass is 16.8. The Morgan fingerprint density at radius 2 is 1.45 bits per heavy atom. The van der Waals surface area contributed by atoms with Gasteiger partial charge in [-0.05, 0) is 57.9 Å². The highest BCUT2D eigenvalue weighted by Gasteiger charge is 2.76. The van der Waals surface area contributed by atoms with E-state index in [1.54, 1.807) is 0 Å². The van der Waals surface area contributed by atoms with Crippen LogP contribution in [0.25, 0.3) is 0 Å². The van der Waals surface area contributed by atoms with E-state index in [0.29, 0.717) is 18.4 Å². The Bertz CT molecular complexity index is 1120. The molecular formula is C29H38O9. The number of hydrogen-bond donors (Lipinski definition) is 0. The molecule has 3 aliphatic carbocycles. The van der Waals surface area contributed by atoms with E-state index in [9.17, 15) is 19.2 Å². The van der Waals surface area contributed by atoms with Gasteiger partial charge in [-0.3, -0.25) is 14.3 Å². The number of esters is 4. The van der Waals surface area contributed by atoms with Crippen LogP contribution < -0.4 is 0 Å². The molecule has 0 aromatic heterocycles. The Kier molecular flexibility index (Phi) is 7.38. The first kappa shape index (κ1) is 28.1. The third-order valence-electron chi connectivity index (χ3n) is 8.47. The van der Waals surface area contributed by atoms with E-state index in [1.165, 1.54) is 26.0 Å². The van der Waals surface area contributed by atoms with Crippen LogP contribution >= 0.6 is 0 Å². The Hall–Kier alpha value is -2.94. The molecule has 8 atom stereocenters. The number of hydrogen-bond acceptors (Lipinski definition) is 9. The van der Waals surface area contributed by atoms with Crippen LogP contribution in [0.15, 0.2) is 34.9 Å². The average Bonchev–Trinajstić information content (AvgIpc) is 3.15. The van der Waals surface area contributed by atoms with Crippen molar-refractivity contribution in [3.05, 3.63) is 34.9 Å². The summed E-state index contributed by atoms with van der Waals surface area (Å²) in [6.45, 7) is 14.1. The summed E-state index contributed by atoms with van der Waals surface area (Å²) in [4.78, 5) is 49.6. The molecular weight excluding hydrogens is 492 g/mol. The van der Waals surface area contributed by atoms with E-state index in [1.807, 2.05) is 33.8 Å². The molecule has 0 radical (unpaired) electrons. The lowest BCUT2D eigenvalue weighted by Gasteiger charge is -2.50. The Morgan fingerprint density at radius 3 is 2.00 bits per heavy atom. The van der Waals surface area contributed by atoms with Gasteiger partial charge >= 0.3 is 23.9 Å². The molecule has 3 fully saturated rings. The highest BCUT2D eigenvalue weighted by molar-refractivity contribution is 5.83. The van der Waals surface area contributed by atoms with Crippen molar-refractivity contribution in [3.63, 3.8) is 0 Å². The van der Waals surface area contributed by atoms with E-state index >= 15 is 0 Å². The van der Waals surface area contributed by atoms with Gasteiger partial charge in [0.2, 0.25) is 12.6 Å². The van der Waals surface area contributed by atoms with Gasteiger partial charge in [0, 0.05) is 42.9 Å². The summed E-state index contributed by atoms with van der Waals surface area (Å²) in [5.41, 5.74) is 1.29. The minimum absolute atomic E-state index is 0.0482. The van der Waals surface area contributed by atoms with Crippen LogP contribution in [0.2, 0.25) is 0 Å². The zero-order valence-corrected chi connectivity index (χ0v) is 23.4. The Balaban J connectivity index is 1.84. The minimum Gasteiger partial charge on any atom is -0.459 e. The van der Waals surface area contributed by atoms with Crippen LogP contribution in [0.5, 0.6) is 0 Å². The molecule has 38 heavy (non-hydrogen) atoms. The van der Waals surface area contributed by atoms with Crippen LogP contribution in [0.4, 0.5) is 0 Å². The summed E-state index contributed by atoms with van der Waals surface area (Å²) in [5, 5.41) is 0. The zero-order chi connectivity index (χ0) is 28.2. The average molecular weight is 531 g/mol. The first-order valence-corrected chi connectivity index (χ1v) is 13.1. The fourth-order valence-electron chi connectivity index (χ4n) is 7.35. The van der Waals surface area contributed by atoms with Gasteiger partial charge in [-0.2, -0.15) is 0 Å². The lowest BCUT2D eigenvalue weighted by atomic mass is 9.62. The van der Waals surface area contributed by atoms with Crippen molar-refractivity contribution in [2.24, 2.45) is 28.6 Å². The Morgan fingerprint density at radius 1 is 0.868 bits per heavy atom. The van der Waals surface area contributed by atoms with Gasteiger partial charge in [-0.1, -0.05) is 25.0 Å². The number of carbonyl (C=O) groups is 4. The smallest absolute Gasteiger partial charge is 0.331 e. The molecule has 4 aliphatic rings. The predicted octanol–water partition coefficient (Wildman–Crippen LogP) is 4.16. The molecule has 0 unspecified atom stereocenters. The summed E-state index contributed by atoms with van der Waals surface area (Å²) >= 11 is 0. The number of allylic oxidation sites excluding steroid dienone is 2. The van der Waals surface area contributed by atoms with Crippen molar-refractivity contribution >= 4 is 23.9 Å². The molecule has 2 bridgehead atoms. The maximum atomic E-state index is 12.7. The molecule has 1 saturated heterocycles. The summed E-state index contributed by atoms with van der Waals surface area (Å²) in [6, 6.07) is 0. The van der Waals surface area contributed by atoms with Gasteiger partial charge in [-0.15, -0.1) is 0 Å². The summed E-state index contributed by atoms with van der Waals surface area (Å²) in [6.07, 6.45) is 2.40. The van der Waals surface area contributed by atoms with E-state index in [4.69, 9.17) is 23.7 Å².